The molecular weight excluding hydrogens is 347 g/mol. The number of aromatic amines is 1. The van der Waals surface area contributed by atoms with E-state index in [1.165, 1.54) is 0 Å². The Kier molecular flexibility index (Phi) is 5.64. The Bertz CT molecular complexity index is 965. The van der Waals surface area contributed by atoms with Gasteiger partial charge in [-0.2, -0.15) is 0 Å². The second-order valence-corrected chi connectivity index (χ2v) is 6.11. The summed E-state index contributed by atoms with van der Waals surface area (Å²) >= 11 is 0. The first-order valence-electron chi connectivity index (χ1n) is 8.84. The van der Waals surface area contributed by atoms with E-state index in [1.807, 2.05) is 30.3 Å². The Labute approximate surface area is 157 Å². The summed E-state index contributed by atoms with van der Waals surface area (Å²) in [6.45, 7) is 1.51. The molecule has 1 aromatic heterocycles. The van der Waals surface area contributed by atoms with Gasteiger partial charge in [-0.1, -0.05) is 6.92 Å². The zero-order valence-corrected chi connectivity index (χ0v) is 15.7. The molecule has 0 aliphatic carbocycles. The highest BCUT2D eigenvalue weighted by atomic mass is 19.1. The monoisotopic (exact) mass is 370 g/mol. The first-order chi connectivity index (χ1) is 13.1. The smallest absolute Gasteiger partial charge is 0.251 e. The number of rotatable bonds is 7. The highest BCUT2D eigenvalue weighted by Gasteiger charge is 2.16. The number of alkyl halides is 1. The maximum atomic E-state index is 12.3. The number of hydrogen-bond acceptors (Lipinski definition) is 3. The summed E-state index contributed by atoms with van der Waals surface area (Å²) in [5.41, 5.74) is 4.53. The Balaban J connectivity index is 2.08. The molecule has 0 unspecified atom stereocenters. The molecule has 142 valence electrons. The highest BCUT2D eigenvalue weighted by Crippen LogP contribution is 2.36. The number of benzene rings is 2. The Morgan fingerprint density at radius 3 is 2.56 bits per heavy atom. The summed E-state index contributed by atoms with van der Waals surface area (Å²) in [7, 11) is 3.21. The van der Waals surface area contributed by atoms with Crippen molar-refractivity contribution < 1.29 is 18.7 Å². The van der Waals surface area contributed by atoms with E-state index in [9.17, 15) is 9.18 Å². The maximum Gasteiger partial charge on any atom is 0.251 e. The number of methoxy groups -OCH3 is 2. The third-order valence-corrected chi connectivity index (χ3v) is 4.57. The van der Waals surface area contributed by atoms with Crippen molar-refractivity contribution in [2.24, 2.45) is 0 Å². The van der Waals surface area contributed by atoms with Crippen LogP contribution >= 0.6 is 0 Å². The van der Waals surface area contributed by atoms with Gasteiger partial charge in [0.05, 0.1) is 14.2 Å². The average Bonchev–Trinajstić information content (AvgIpc) is 3.09. The number of nitrogens with one attached hydrogen (secondary N) is 2. The number of halogens is 1. The molecule has 3 aromatic rings. The largest absolute Gasteiger partial charge is 0.493 e. The third-order valence-electron chi connectivity index (χ3n) is 4.57. The van der Waals surface area contributed by atoms with Crippen molar-refractivity contribution in [3.8, 4) is 22.8 Å². The quantitative estimate of drug-likeness (QED) is 0.658. The minimum Gasteiger partial charge on any atom is -0.493 e. The van der Waals surface area contributed by atoms with Crippen LogP contribution in [0.25, 0.3) is 22.2 Å². The molecule has 0 spiro atoms. The standard InChI is InChI=1S/C21H23FN2O3/c1-4-15-16-11-14(21(25)23-10-9-22)5-7-17(16)24-20(15)13-6-8-18(26-2)19(12-13)27-3/h5-8,11-12,24H,4,9-10H2,1-3H3,(H,23,25). The van der Waals surface area contributed by atoms with Gasteiger partial charge in [0, 0.05) is 34.3 Å². The second kappa shape index (κ2) is 8.12. The molecule has 1 heterocycles. The van der Waals surface area contributed by atoms with Crippen molar-refractivity contribution in [3.63, 3.8) is 0 Å². The van der Waals surface area contributed by atoms with E-state index in [1.54, 1.807) is 20.3 Å². The number of fused-ring (bicyclic) bond motifs is 1. The molecule has 0 fully saturated rings. The van der Waals surface area contributed by atoms with Crippen molar-refractivity contribution in [3.05, 3.63) is 47.5 Å². The van der Waals surface area contributed by atoms with Crippen LogP contribution in [0.3, 0.4) is 0 Å². The van der Waals surface area contributed by atoms with E-state index in [0.29, 0.717) is 17.1 Å². The molecule has 0 atom stereocenters. The van der Waals surface area contributed by atoms with Gasteiger partial charge >= 0.3 is 0 Å². The molecule has 2 N–H and O–H groups in total. The van der Waals surface area contributed by atoms with Gasteiger partial charge < -0.3 is 19.8 Å². The number of carbonyl (C=O) groups is 1. The fourth-order valence-corrected chi connectivity index (χ4v) is 3.26. The topological polar surface area (TPSA) is 63.4 Å². The molecule has 0 aliphatic heterocycles. The fourth-order valence-electron chi connectivity index (χ4n) is 3.26. The predicted octanol–water partition coefficient (Wildman–Crippen LogP) is 4.11. The van der Waals surface area contributed by atoms with E-state index in [-0.39, 0.29) is 12.5 Å². The molecular formula is C21H23FN2O3. The Morgan fingerprint density at radius 2 is 1.89 bits per heavy atom. The minimum absolute atomic E-state index is 0.0154. The zero-order chi connectivity index (χ0) is 19.4. The van der Waals surface area contributed by atoms with Crippen molar-refractivity contribution in [1.82, 2.24) is 10.3 Å². The van der Waals surface area contributed by atoms with Crippen LogP contribution in [0.1, 0.15) is 22.8 Å². The van der Waals surface area contributed by atoms with Crippen LogP contribution in [0.4, 0.5) is 4.39 Å². The van der Waals surface area contributed by atoms with Crippen LogP contribution in [-0.4, -0.2) is 38.3 Å². The van der Waals surface area contributed by atoms with Gasteiger partial charge in [0.25, 0.3) is 5.91 Å². The summed E-state index contributed by atoms with van der Waals surface area (Å²) in [4.78, 5) is 15.6. The number of carbonyl (C=O) groups excluding carboxylic acids is 1. The van der Waals surface area contributed by atoms with Crippen LogP contribution < -0.4 is 14.8 Å². The van der Waals surface area contributed by atoms with Crippen LogP contribution in [0.15, 0.2) is 36.4 Å². The van der Waals surface area contributed by atoms with Gasteiger partial charge in [0.2, 0.25) is 0 Å². The molecule has 0 saturated heterocycles. The zero-order valence-electron chi connectivity index (χ0n) is 15.7. The Morgan fingerprint density at radius 1 is 1.11 bits per heavy atom. The molecule has 3 rings (SSSR count). The Hall–Kier alpha value is -3.02. The average molecular weight is 370 g/mol. The number of hydrogen-bond donors (Lipinski definition) is 2. The number of amides is 1. The van der Waals surface area contributed by atoms with E-state index in [0.717, 1.165) is 34.1 Å². The summed E-state index contributed by atoms with van der Waals surface area (Å²) in [5, 5.41) is 3.54. The lowest BCUT2D eigenvalue weighted by Crippen LogP contribution is -2.25. The van der Waals surface area contributed by atoms with E-state index < -0.39 is 6.67 Å². The van der Waals surface area contributed by atoms with Gasteiger partial charge in [0.1, 0.15) is 6.67 Å². The molecule has 0 saturated carbocycles. The molecule has 6 heteroatoms. The molecule has 27 heavy (non-hydrogen) atoms. The van der Waals surface area contributed by atoms with Crippen LogP contribution in [-0.2, 0) is 6.42 Å². The van der Waals surface area contributed by atoms with Gasteiger partial charge in [-0.15, -0.1) is 0 Å². The first kappa shape index (κ1) is 18.8. The predicted molar refractivity (Wildman–Crippen MR) is 105 cm³/mol. The van der Waals surface area contributed by atoms with Crippen molar-refractivity contribution >= 4 is 16.8 Å². The summed E-state index contributed by atoms with van der Waals surface area (Å²) in [6.07, 6.45) is 0.791. The molecule has 0 aliphatic rings. The number of ether oxygens (including phenoxy) is 2. The molecule has 2 aromatic carbocycles. The molecule has 0 radical (unpaired) electrons. The lowest BCUT2D eigenvalue weighted by atomic mass is 10.0. The summed E-state index contributed by atoms with van der Waals surface area (Å²) in [5.74, 6) is 1.05. The van der Waals surface area contributed by atoms with Crippen LogP contribution in [0.5, 0.6) is 11.5 Å². The van der Waals surface area contributed by atoms with E-state index >= 15 is 0 Å². The lowest BCUT2D eigenvalue weighted by Gasteiger charge is -2.10. The van der Waals surface area contributed by atoms with E-state index in [2.05, 4.69) is 17.2 Å². The SMILES string of the molecule is CCc1c(-c2ccc(OC)c(OC)c2)[nH]c2ccc(C(=O)NCCF)cc12. The summed E-state index contributed by atoms with van der Waals surface area (Å²) in [6, 6.07) is 11.2. The first-order valence-corrected chi connectivity index (χ1v) is 8.84. The van der Waals surface area contributed by atoms with Gasteiger partial charge in [-0.05, 0) is 48.4 Å². The van der Waals surface area contributed by atoms with Crippen molar-refractivity contribution in [2.75, 3.05) is 27.4 Å². The molecule has 1 amide bonds. The molecule has 0 bridgehead atoms. The lowest BCUT2D eigenvalue weighted by molar-refractivity contribution is 0.0951. The van der Waals surface area contributed by atoms with Crippen molar-refractivity contribution in [2.45, 2.75) is 13.3 Å². The van der Waals surface area contributed by atoms with Gasteiger partial charge in [-0.3, -0.25) is 4.79 Å². The van der Waals surface area contributed by atoms with Crippen LogP contribution in [0.2, 0.25) is 0 Å². The number of aromatic nitrogens is 1. The van der Waals surface area contributed by atoms with Crippen LogP contribution in [0, 0.1) is 0 Å². The van der Waals surface area contributed by atoms with Crippen molar-refractivity contribution in [1.29, 1.82) is 0 Å². The third kappa shape index (κ3) is 3.60. The summed E-state index contributed by atoms with van der Waals surface area (Å²) < 4.78 is 23.0. The fraction of sp³-hybridized carbons (Fsp3) is 0.286. The maximum absolute atomic E-state index is 12.3. The number of aryl methyl sites for hydroxylation is 1. The van der Waals surface area contributed by atoms with E-state index in [4.69, 9.17) is 9.47 Å². The number of H-pyrrole nitrogens is 1. The molecule has 5 nitrogen and oxygen atoms in total. The van der Waals surface area contributed by atoms with Gasteiger partial charge in [-0.25, -0.2) is 4.39 Å². The highest BCUT2D eigenvalue weighted by molar-refractivity contribution is 6.00. The normalized spacial score (nSPS) is 10.8. The second-order valence-electron chi connectivity index (χ2n) is 6.11. The van der Waals surface area contributed by atoms with Gasteiger partial charge in [0.15, 0.2) is 11.5 Å². The minimum atomic E-state index is -0.582.